The number of carboxylic acids is 2. The molecule has 0 bridgehead atoms. The summed E-state index contributed by atoms with van der Waals surface area (Å²) in [5.74, 6) is -4.22. The number of imide groups is 1. The molecule has 0 aromatic heterocycles. The van der Waals surface area contributed by atoms with Crippen molar-refractivity contribution < 1.29 is 34.2 Å². The molecule has 0 aliphatic carbocycles. The van der Waals surface area contributed by atoms with E-state index >= 15 is 0 Å². The molecule has 4 N–H and O–H groups in total. The van der Waals surface area contributed by atoms with Crippen molar-refractivity contribution in [1.82, 2.24) is 0 Å². The van der Waals surface area contributed by atoms with E-state index in [1.165, 1.54) is 6.92 Å². The molecule has 0 radical (unpaired) electrons. The lowest BCUT2D eigenvalue weighted by atomic mass is 10.1. The Bertz CT molecular complexity index is 1030. The van der Waals surface area contributed by atoms with E-state index in [1.807, 2.05) is 0 Å². The molecular formula is C20H17N3O7. The molecular weight excluding hydrogens is 394 g/mol. The van der Waals surface area contributed by atoms with E-state index in [0.29, 0.717) is 11.4 Å². The highest BCUT2D eigenvalue weighted by Gasteiger charge is 2.40. The maximum Gasteiger partial charge on any atom is 0.335 e. The number of carbonyl (C=O) groups excluding carboxylic acids is 3. The van der Waals surface area contributed by atoms with Crippen molar-refractivity contribution in [1.29, 1.82) is 0 Å². The summed E-state index contributed by atoms with van der Waals surface area (Å²) in [5, 5.41) is 23.9. The molecule has 10 heteroatoms. The Kier molecular flexibility index (Phi) is 5.50. The number of aromatic carboxylic acids is 2. The number of carboxylic acid groups (broad SMARTS) is 2. The molecule has 3 rings (SSSR count). The molecule has 0 spiro atoms. The number of hydrogen-bond acceptors (Lipinski definition) is 6. The van der Waals surface area contributed by atoms with Gasteiger partial charge in [0.05, 0.1) is 23.2 Å². The van der Waals surface area contributed by atoms with Crippen LogP contribution in [0.5, 0.6) is 0 Å². The van der Waals surface area contributed by atoms with Crippen LogP contribution in [0.3, 0.4) is 0 Å². The van der Waals surface area contributed by atoms with Crippen molar-refractivity contribution in [3.05, 3.63) is 53.6 Å². The lowest BCUT2D eigenvalue weighted by molar-refractivity contribution is -0.121. The number of nitrogens with zero attached hydrogens (tertiary/aromatic N) is 1. The van der Waals surface area contributed by atoms with Gasteiger partial charge in [-0.3, -0.25) is 14.4 Å². The summed E-state index contributed by atoms with van der Waals surface area (Å²) < 4.78 is 0. The molecule has 154 valence electrons. The summed E-state index contributed by atoms with van der Waals surface area (Å²) in [7, 11) is 0. The summed E-state index contributed by atoms with van der Waals surface area (Å²) in [5.41, 5.74) is 0.274. The minimum atomic E-state index is -1.38. The number of nitrogens with one attached hydrogen (secondary N) is 2. The van der Waals surface area contributed by atoms with Crippen molar-refractivity contribution >= 4 is 46.7 Å². The zero-order valence-electron chi connectivity index (χ0n) is 15.7. The van der Waals surface area contributed by atoms with E-state index in [2.05, 4.69) is 10.6 Å². The van der Waals surface area contributed by atoms with Gasteiger partial charge in [0.25, 0.3) is 5.91 Å². The summed E-state index contributed by atoms with van der Waals surface area (Å²) in [6.07, 6.45) is -0.189. The van der Waals surface area contributed by atoms with E-state index in [4.69, 9.17) is 0 Å². The quantitative estimate of drug-likeness (QED) is 0.525. The fourth-order valence-corrected chi connectivity index (χ4v) is 3.06. The van der Waals surface area contributed by atoms with Gasteiger partial charge in [0.15, 0.2) is 0 Å². The van der Waals surface area contributed by atoms with Gasteiger partial charge in [-0.1, -0.05) is 0 Å². The van der Waals surface area contributed by atoms with Crippen LogP contribution in [0.1, 0.15) is 34.1 Å². The van der Waals surface area contributed by atoms with E-state index in [-0.39, 0.29) is 29.1 Å². The van der Waals surface area contributed by atoms with E-state index in [9.17, 15) is 34.2 Å². The van der Waals surface area contributed by atoms with Crippen molar-refractivity contribution in [3.63, 3.8) is 0 Å². The largest absolute Gasteiger partial charge is 0.478 e. The molecule has 2 aromatic carbocycles. The van der Waals surface area contributed by atoms with Gasteiger partial charge in [-0.2, -0.15) is 0 Å². The van der Waals surface area contributed by atoms with Crippen LogP contribution in [0, 0.1) is 0 Å². The van der Waals surface area contributed by atoms with Crippen LogP contribution in [0.2, 0.25) is 0 Å². The Morgan fingerprint density at radius 3 is 1.97 bits per heavy atom. The van der Waals surface area contributed by atoms with Gasteiger partial charge >= 0.3 is 11.9 Å². The van der Waals surface area contributed by atoms with Crippen LogP contribution in [-0.2, 0) is 14.4 Å². The van der Waals surface area contributed by atoms with Crippen LogP contribution in [0.25, 0.3) is 0 Å². The molecule has 1 unspecified atom stereocenters. The summed E-state index contributed by atoms with van der Waals surface area (Å²) in [6.45, 7) is 1.37. The number of benzene rings is 2. The standard InChI is InChI=1S/C20H17N3O7/c1-10(24)21-13-2-4-14(5-3-13)22-16-9-17(25)23(18(16)26)15-7-11(19(27)28)6-12(8-15)20(29)30/h2-8,16,22H,9H2,1H3,(H,21,24)(H,27,28)(H,29,30). The van der Waals surface area contributed by atoms with E-state index in [1.54, 1.807) is 24.3 Å². The van der Waals surface area contributed by atoms with Crippen molar-refractivity contribution in [2.24, 2.45) is 0 Å². The molecule has 1 saturated heterocycles. The summed E-state index contributed by atoms with van der Waals surface area (Å²) in [4.78, 5) is 59.7. The molecule has 1 aliphatic heterocycles. The molecule has 1 fully saturated rings. The van der Waals surface area contributed by atoms with Crippen LogP contribution < -0.4 is 15.5 Å². The first-order valence-corrected chi connectivity index (χ1v) is 8.78. The predicted octanol–water partition coefficient (Wildman–Crippen LogP) is 1.79. The summed E-state index contributed by atoms with van der Waals surface area (Å²) >= 11 is 0. The summed E-state index contributed by atoms with van der Waals surface area (Å²) in [6, 6.07) is 8.69. The zero-order chi connectivity index (χ0) is 22.0. The fourth-order valence-electron chi connectivity index (χ4n) is 3.06. The van der Waals surface area contributed by atoms with Crippen molar-refractivity contribution in [2.45, 2.75) is 19.4 Å². The Labute approximate surface area is 170 Å². The average molecular weight is 411 g/mol. The highest BCUT2D eigenvalue weighted by Crippen LogP contribution is 2.27. The second kappa shape index (κ2) is 8.03. The van der Waals surface area contributed by atoms with Crippen molar-refractivity contribution in [2.75, 3.05) is 15.5 Å². The van der Waals surface area contributed by atoms with E-state index < -0.39 is 29.8 Å². The average Bonchev–Trinajstić information content (AvgIpc) is 2.95. The first-order chi connectivity index (χ1) is 14.2. The molecule has 2 aromatic rings. The van der Waals surface area contributed by atoms with Crippen LogP contribution in [0.15, 0.2) is 42.5 Å². The Hall–Kier alpha value is -4.21. The second-order valence-corrected chi connectivity index (χ2v) is 6.61. The minimum absolute atomic E-state index is 0.118. The fraction of sp³-hybridized carbons (Fsp3) is 0.150. The van der Waals surface area contributed by atoms with E-state index in [0.717, 1.165) is 23.1 Å². The Balaban J connectivity index is 1.83. The van der Waals surface area contributed by atoms with Gasteiger partial charge in [-0.25, -0.2) is 14.5 Å². The molecule has 1 atom stereocenters. The molecule has 10 nitrogen and oxygen atoms in total. The van der Waals surface area contributed by atoms with Crippen LogP contribution >= 0.6 is 0 Å². The zero-order valence-corrected chi connectivity index (χ0v) is 15.7. The number of carbonyl (C=O) groups is 5. The SMILES string of the molecule is CC(=O)Nc1ccc(NC2CC(=O)N(c3cc(C(=O)O)cc(C(=O)O)c3)C2=O)cc1. The monoisotopic (exact) mass is 411 g/mol. The molecule has 1 heterocycles. The second-order valence-electron chi connectivity index (χ2n) is 6.61. The smallest absolute Gasteiger partial charge is 0.335 e. The molecule has 1 aliphatic rings. The Morgan fingerprint density at radius 2 is 1.47 bits per heavy atom. The third kappa shape index (κ3) is 4.27. The first-order valence-electron chi connectivity index (χ1n) is 8.78. The Morgan fingerprint density at radius 1 is 0.933 bits per heavy atom. The molecule has 0 saturated carbocycles. The van der Waals surface area contributed by atoms with Gasteiger partial charge in [0.1, 0.15) is 6.04 Å². The molecule has 3 amide bonds. The van der Waals surface area contributed by atoms with Gasteiger partial charge in [0, 0.05) is 18.3 Å². The number of hydrogen-bond donors (Lipinski definition) is 4. The normalized spacial score (nSPS) is 15.8. The predicted molar refractivity (Wildman–Crippen MR) is 106 cm³/mol. The number of anilines is 3. The number of amides is 3. The van der Waals surface area contributed by atoms with Gasteiger partial charge in [0.2, 0.25) is 11.8 Å². The number of rotatable bonds is 6. The van der Waals surface area contributed by atoms with Crippen LogP contribution in [0.4, 0.5) is 17.1 Å². The third-order valence-electron chi connectivity index (χ3n) is 4.36. The van der Waals surface area contributed by atoms with Gasteiger partial charge in [-0.05, 0) is 42.5 Å². The highest BCUT2D eigenvalue weighted by molar-refractivity contribution is 6.23. The topological polar surface area (TPSA) is 153 Å². The van der Waals surface area contributed by atoms with Gasteiger partial charge in [-0.15, -0.1) is 0 Å². The minimum Gasteiger partial charge on any atom is -0.478 e. The third-order valence-corrected chi connectivity index (χ3v) is 4.36. The molecule has 30 heavy (non-hydrogen) atoms. The first kappa shape index (κ1) is 20.5. The lowest BCUT2D eigenvalue weighted by Crippen LogP contribution is -2.35. The maximum absolute atomic E-state index is 12.8. The maximum atomic E-state index is 12.8. The lowest BCUT2D eigenvalue weighted by Gasteiger charge is -2.17. The van der Waals surface area contributed by atoms with Crippen molar-refractivity contribution in [3.8, 4) is 0 Å². The van der Waals surface area contributed by atoms with Gasteiger partial charge < -0.3 is 20.8 Å². The van der Waals surface area contributed by atoms with Crippen LogP contribution in [-0.4, -0.2) is 45.9 Å². The highest BCUT2D eigenvalue weighted by atomic mass is 16.4.